The molecule has 2 heterocycles. The fraction of sp³-hybridized carbons (Fsp3) is 0.438. The molecule has 0 fully saturated rings. The van der Waals surface area contributed by atoms with Crippen molar-refractivity contribution in [1.82, 2.24) is 9.88 Å². The Morgan fingerprint density at radius 1 is 1.25 bits per heavy atom. The lowest BCUT2D eigenvalue weighted by Crippen LogP contribution is -2.42. The van der Waals surface area contributed by atoms with Crippen LogP contribution in [-0.4, -0.2) is 29.0 Å². The summed E-state index contributed by atoms with van der Waals surface area (Å²) in [7, 11) is 2.14. The van der Waals surface area contributed by atoms with Gasteiger partial charge in [-0.2, -0.15) is 0 Å². The van der Waals surface area contributed by atoms with Gasteiger partial charge in [0.2, 0.25) is 0 Å². The molecule has 0 aliphatic carbocycles. The Bertz CT molecular complexity index is 496. The molecule has 0 aromatic carbocycles. The fourth-order valence-electron chi connectivity index (χ4n) is 2.54. The molecule has 0 saturated heterocycles. The minimum absolute atomic E-state index is 0.0423. The second-order valence-corrected chi connectivity index (χ2v) is 6.39. The third-order valence-corrected chi connectivity index (χ3v) is 4.60. The summed E-state index contributed by atoms with van der Waals surface area (Å²) >= 11 is 1.81. The smallest absolute Gasteiger partial charge is 0.0670 e. The Morgan fingerprint density at radius 2 is 2.05 bits per heavy atom. The van der Waals surface area contributed by atoms with Gasteiger partial charge in [0.05, 0.1) is 11.7 Å². The van der Waals surface area contributed by atoms with Gasteiger partial charge in [0.25, 0.3) is 0 Å². The summed E-state index contributed by atoms with van der Waals surface area (Å²) < 4.78 is 0. The van der Waals surface area contributed by atoms with E-state index >= 15 is 0 Å². The van der Waals surface area contributed by atoms with E-state index in [-0.39, 0.29) is 12.1 Å². The summed E-state index contributed by atoms with van der Waals surface area (Å²) in [5, 5.41) is 2.13. The van der Waals surface area contributed by atoms with Crippen LogP contribution in [-0.2, 0) is 6.42 Å². The van der Waals surface area contributed by atoms with E-state index in [1.165, 1.54) is 4.88 Å². The van der Waals surface area contributed by atoms with Gasteiger partial charge in [-0.1, -0.05) is 12.1 Å². The van der Waals surface area contributed by atoms with Crippen molar-refractivity contribution in [3.05, 3.63) is 52.5 Å². The third-order valence-electron chi connectivity index (χ3n) is 3.70. The lowest BCUT2D eigenvalue weighted by Gasteiger charge is -2.35. The monoisotopic (exact) mass is 289 g/mol. The molecular weight excluding hydrogens is 266 g/mol. The van der Waals surface area contributed by atoms with E-state index in [2.05, 4.69) is 47.4 Å². The van der Waals surface area contributed by atoms with E-state index in [4.69, 9.17) is 5.73 Å². The molecule has 0 radical (unpaired) electrons. The Labute approximate surface area is 125 Å². The van der Waals surface area contributed by atoms with Gasteiger partial charge in [0, 0.05) is 23.2 Å². The largest absolute Gasteiger partial charge is 0.326 e. The maximum absolute atomic E-state index is 6.20. The number of rotatable bonds is 6. The van der Waals surface area contributed by atoms with Crippen molar-refractivity contribution in [1.29, 1.82) is 0 Å². The molecule has 0 aliphatic heterocycles. The number of nitrogens with zero attached hydrogens (tertiary/aromatic N) is 2. The van der Waals surface area contributed by atoms with Gasteiger partial charge >= 0.3 is 0 Å². The zero-order chi connectivity index (χ0) is 14.5. The van der Waals surface area contributed by atoms with Crippen molar-refractivity contribution < 1.29 is 0 Å². The van der Waals surface area contributed by atoms with Crippen LogP contribution in [0.2, 0.25) is 0 Å². The Morgan fingerprint density at radius 3 is 2.60 bits per heavy atom. The van der Waals surface area contributed by atoms with Gasteiger partial charge in [0.15, 0.2) is 0 Å². The molecule has 0 aliphatic rings. The number of nitrogens with two attached hydrogens (primary N) is 1. The summed E-state index contributed by atoms with van der Waals surface area (Å²) in [5.41, 5.74) is 7.25. The SMILES string of the molecule is CC(N)C(c1ccccn1)N(C)C(C)Cc1cccs1. The van der Waals surface area contributed by atoms with Crippen molar-refractivity contribution in [2.45, 2.75) is 38.4 Å². The predicted octanol–water partition coefficient (Wildman–Crippen LogP) is 3.09. The van der Waals surface area contributed by atoms with E-state index in [0.717, 1.165) is 12.1 Å². The van der Waals surface area contributed by atoms with E-state index in [9.17, 15) is 0 Å². The van der Waals surface area contributed by atoms with Crippen LogP contribution in [0.3, 0.4) is 0 Å². The van der Waals surface area contributed by atoms with Gasteiger partial charge < -0.3 is 5.73 Å². The maximum Gasteiger partial charge on any atom is 0.0670 e. The highest BCUT2D eigenvalue weighted by atomic mass is 32.1. The molecule has 3 atom stereocenters. The highest BCUT2D eigenvalue weighted by molar-refractivity contribution is 7.09. The summed E-state index contributed by atoms with van der Waals surface area (Å²) in [4.78, 5) is 8.23. The number of hydrogen-bond acceptors (Lipinski definition) is 4. The second-order valence-electron chi connectivity index (χ2n) is 5.36. The first-order valence-electron chi connectivity index (χ1n) is 7.00. The van der Waals surface area contributed by atoms with Crippen molar-refractivity contribution in [2.75, 3.05) is 7.05 Å². The fourth-order valence-corrected chi connectivity index (χ4v) is 3.36. The van der Waals surface area contributed by atoms with Gasteiger partial charge in [0.1, 0.15) is 0 Å². The van der Waals surface area contributed by atoms with E-state index in [0.29, 0.717) is 6.04 Å². The summed E-state index contributed by atoms with van der Waals surface area (Å²) in [6.45, 7) is 4.30. The van der Waals surface area contributed by atoms with Crippen molar-refractivity contribution in [2.24, 2.45) is 5.73 Å². The minimum Gasteiger partial charge on any atom is -0.326 e. The molecule has 2 aromatic rings. The molecule has 0 amide bonds. The molecule has 20 heavy (non-hydrogen) atoms. The summed E-state index contributed by atoms with van der Waals surface area (Å²) in [5.74, 6) is 0. The first kappa shape index (κ1) is 15.2. The number of likely N-dealkylation sites (N-methyl/N-ethyl adjacent to an activating group) is 1. The molecule has 2 rings (SSSR count). The Kier molecular flexibility index (Phi) is 5.29. The van der Waals surface area contributed by atoms with Gasteiger partial charge in [-0.05, 0) is 50.9 Å². The maximum atomic E-state index is 6.20. The molecule has 2 aromatic heterocycles. The standard InChI is InChI=1S/C16H23N3S/c1-12(11-14-7-6-10-20-14)19(3)16(13(2)17)15-8-4-5-9-18-15/h4-10,12-13,16H,11,17H2,1-3H3. The van der Waals surface area contributed by atoms with Crippen LogP contribution < -0.4 is 5.73 Å². The van der Waals surface area contributed by atoms with E-state index in [1.807, 2.05) is 36.6 Å². The predicted molar refractivity (Wildman–Crippen MR) is 85.9 cm³/mol. The Hall–Kier alpha value is -1.23. The van der Waals surface area contributed by atoms with Crippen LogP contribution in [0.4, 0.5) is 0 Å². The van der Waals surface area contributed by atoms with Crippen molar-refractivity contribution >= 4 is 11.3 Å². The minimum atomic E-state index is 0.0423. The molecule has 2 N–H and O–H groups in total. The van der Waals surface area contributed by atoms with Crippen molar-refractivity contribution in [3.8, 4) is 0 Å². The average molecular weight is 289 g/mol. The van der Waals surface area contributed by atoms with Crippen LogP contribution in [0.5, 0.6) is 0 Å². The average Bonchev–Trinajstić information content (AvgIpc) is 2.92. The number of pyridine rings is 1. The zero-order valence-electron chi connectivity index (χ0n) is 12.4. The molecular formula is C16H23N3S. The lowest BCUT2D eigenvalue weighted by molar-refractivity contribution is 0.161. The third kappa shape index (κ3) is 3.66. The zero-order valence-corrected chi connectivity index (χ0v) is 13.2. The number of aromatic nitrogens is 1. The summed E-state index contributed by atoms with van der Waals surface area (Å²) in [6, 6.07) is 10.9. The normalized spacial score (nSPS) is 16.1. The van der Waals surface area contributed by atoms with Crippen molar-refractivity contribution in [3.63, 3.8) is 0 Å². The lowest BCUT2D eigenvalue weighted by atomic mass is 10.0. The Balaban J connectivity index is 2.13. The van der Waals surface area contributed by atoms with Crippen LogP contribution in [0.1, 0.15) is 30.5 Å². The van der Waals surface area contributed by atoms with E-state index < -0.39 is 0 Å². The van der Waals surface area contributed by atoms with Crippen LogP contribution in [0.15, 0.2) is 41.9 Å². The second kappa shape index (κ2) is 6.97. The molecule has 0 bridgehead atoms. The van der Waals surface area contributed by atoms with Gasteiger partial charge in [-0.15, -0.1) is 11.3 Å². The molecule has 4 heteroatoms. The van der Waals surface area contributed by atoms with Crippen LogP contribution in [0.25, 0.3) is 0 Å². The number of thiophene rings is 1. The highest BCUT2D eigenvalue weighted by Crippen LogP contribution is 2.24. The van der Waals surface area contributed by atoms with Crippen LogP contribution in [0, 0.1) is 0 Å². The molecule has 3 nitrogen and oxygen atoms in total. The first-order chi connectivity index (χ1) is 9.59. The molecule has 108 valence electrons. The molecule has 0 spiro atoms. The van der Waals surface area contributed by atoms with E-state index in [1.54, 1.807) is 0 Å². The first-order valence-corrected chi connectivity index (χ1v) is 7.88. The van der Waals surface area contributed by atoms with Gasteiger partial charge in [-0.3, -0.25) is 9.88 Å². The molecule has 0 saturated carbocycles. The summed E-state index contributed by atoms with van der Waals surface area (Å²) in [6.07, 6.45) is 2.88. The quantitative estimate of drug-likeness (QED) is 0.888. The van der Waals surface area contributed by atoms with Crippen LogP contribution >= 0.6 is 11.3 Å². The number of hydrogen-bond donors (Lipinski definition) is 1. The topological polar surface area (TPSA) is 42.1 Å². The molecule has 3 unspecified atom stereocenters. The highest BCUT2D eigenvalue weighted by Gasteiger charge is 2.26. The van der Waals surface area contributed by atoms with Gasteiger partial charge in [-0.25, -0.2) is 0 Å².